The molecule has 114 valence electrons. The fourth-order valence-electron chi connectivity index (χ4n) is 2.34. The molecule has 1 aromatic heterocycles. The molecule has 1 unspecified atom stereocenters. The van der Waals surface area contributed by atoms with E-state index in [0.29, 0.717) is 0 Å². The highest BCUT2D eigenvalue weighted by molar-refractivity contribution is 9.10. The first-order valence-corrected chi connectivity index (χ1v) is 7.79. The standard InChI is InChI=1S/C15H21BrN4O/c1-3-8-20-15(13(16)10-18-20)14(19-17)9-11-4-6-12(21-2)7-5-11/h4-7,10,14,19H,3,8-9,17H2,1-2H3. The van der Waals surface area contributed by atoms with Gasteiger partial charge in [-0.15, -0.1) is 0 Å². The third kappa shape index (κ3) is 3.84. The molecule has 0 saturated carbocycles. The second-order valence-corrected chi connectivity index (χ2v) is 5.73. The Balaban J connectivity index is 2.21. The Morgan fingerprint density at radius 2 is 2.10 bits per heavy atom. The third-order valence-electron chi connectivity index (χ3n) is 3.40. The van der Waals surface area contributed by atoms with E-state index in [1.165, 1.54) is 5.56 Å². The SMILES string of the molecule is CCCn1ncc(Br)c1C(Cc1ccc(OC)cc1)NN. The van der Waals surface area contributed by atoms with E-state index < -0.39 is 0 Å². The lowest BCUT2D eigenvalue weighted by atomic mass is 10.0. The molecule has 0 saturated heterocycles. The first kappa shape index (κ1) is 16.0. The summed E-state index contributed by atoms with van der Waals surface area (Å²) in [7, 11) is 1.67. The molecular weight excluding hydrogens is 332 g/mol. The van der Waals surface area contributed by atoms with Gasteiger partial charge in [0.25, 0.3) is 0 Å². The summed E-state index contributed by atoms with van der Waals surface area (Å²) in [5.74, 6) is 6.62. The highest BCUT2D eigenvalue weighted by Gasteiger charge is 2.19. The van der Waals surface area contributed by atoms with E-state index in [9.17, 15) is 0 Å². The number of ether oxygens (including phenoxy) is 1. The van der Waals surface area contributed by atoms with Crippen molar-refractivity contribution in [3.63, 3.8) is 0 Å². The normalized spacial score (nSPS) is 12.4. The fraction of sp³-hybridized carbons (Fsp3) is 0.400. The summed E-state index contributed by atoms with van der Waals surface area (Å²) >= 11 is 3.57. The van der Waals surface area contributed by atoms with Crippen LogP contribution in [0.4, 0.5) is 0 Å². The molecule has 6 heteroatoms. The zero-order valence-electron chi connectivity index (χ0n) is 12.3. The molecule has 1 atom stereocenters. The van der Waals surface area contributed by atoms with Gasteiger partial charge in [0.2, 0.25) is 0 Å². The van der Waals surface area contributed by atoms with E-state index in [1.807, 2.05) is 23.0 Å². The van der Waals surface area contributed by atoms with Crippen LogP contribution in [0.2, 0.25) is 0 Å². The lowest BCUT2D eigenvalue weighted by Crippen LogP contribution is -2.31. The molecule has 1 aromatic carbocycles. The minimum Gasteiger partial charge on any atom is -0.497 e. The number of hydrazine groups is 1. The van der Waals surface area contributed by atoms with E-state index in [0.717, 1.165) is 35.3 Å². The second kappa shape index (κ2) is 7.59. The molecule has 0 aliphatic carbocycles. The van der Waals surface area contributed by atoms with Crippen LogP contribution in [-0.4, -0.2) is 16.9 Å². The van der Waals surface area contributed by atoms with E-state index >= 15 is 0 Å². The van der Waals surface area contributed by atoms with E-state index in [1.54, 1.807) is 7.11 Å². The maximum Gasteiger partial charge on any atom is 0.118 e. The second-order valence-electron chi connectivity index (χ2n) is 4.87. The predicted molar refractivity (Wildman–Crippen MR) is 87.0 cm³/mol. The van der Waals surface area contributed by atoms with Crippen LogP contribution in [0.15, 0.2) is 34.9 Å². The monoisotopic (exact) mass is 352 g/mol. The molecule has 0 spiro atoms. The number of nitrogens with two attached hydrogens (primary N) is 1. The zero-order chi connectivity index (χ0) is 15.2. The first-order chi connectivity index (χ1) is 10.2. The van der Waals surface area contributed by atoms with Crippen LogP contribution >= 0.6 is 15.9 Å². The van der Waals surface area contributed by atoms with Crippen molar-refractivity contribution in [1.29, 1.82) is 0 Å². The largest absolute Gasteiger partial charge is 0.497 e. The van der Waals surface area contributed by atoms with Crippen molar-refractivity contribution < 1.29 is 4.74 Å². The van der Waals surface area contributed by atoms with Gasteiger partial charge < -0.3 is 4.74 Å². The summed E-state index contributed by atoms with van der Waals surface area (Å²) in [6.45, 7) is 3.01. The lowest BCUT2D eigenvalue weighted by molar-refractivity contribution is 0.414. The summed E-state index contributed by atoms with van der Waals surface area (Å²) in [5.41, 5.74) is 5.17. The Kier molecular flexibility index (Phi) is 5.78. The van der Waals surface area contributed by atoms with Gasteiger partial charge in [0.05, 0.1) is 29.5 Å². The minimum atomic E-state index is 0.00169. The van der Waals surface area contributed by atoms with Crippen LogP contribution in [0, 0.1) is 0 Å². The Labute approximate surface area is 133 Å². The summed E-state index contributed by atoms with van der Waals surface area (Å²) in [4.78, 5) is 0. The number of halogens is 1. The fourth-order valence-corrected chi connectivity index (χ4v) is 2.91. The number of benzene rings is 1. The van der Waals surface area contributed by atoms with Crippen LogP contribution in [0.3, 0.4) is 0 Å². The Hall–Kier alpha value is -1.37. The number of methoxy groups -OCH3 is 1. The lowest BCUT2D eigenvalue weighted by Gasteiger charge is -2.18. The molecule has 0 bridgehead atoms. The van der Waals surface area contributed by atoms with Gasteiger partial charge in [0.1, 0.15) is 5.75 Å². The maximum absolute atomic E-state index is 5.77. The highest BCUT2D eigenvalue weighted by Crippen LogP contribution is 2.26. The Bertz CT molecular complexity index is 568. The molecular formula is C15H21BrN4O. The molecule has 0 aliphatic heterocycles. The number of nitrogens with one attached hydrogen (secondary N) is 1. The summed E-state index contributed by atoms with van der Waals surface area (Å²) in [5, 5.41) is 4.40. The Morgan fingerprint density at radius 3 is 2.67 bits per heavy atom. The van der Waals surface area contributed by atoms with Crippen LogP contribution in [0.5, 0.6) is 5.75 Å². The summed E-state index contributed by atoms with van der Waals surface area (Å²) in [6, 6.07) is 8.03. The van der Waals surface area contributed by atoms with Crippen molar-refractivity contribution in [2.75, 3.05) is 7.11 Å². The van der Waals surface area contributed by atoms with E-state index in [-0.39, 0.29) is 6.04 Å². The molecule has 0 fully saturated rings. The van der Waals surface area contributed by atoms with Crippen LogP contribution < -0.4 is 16.0 Å². The quantitative estimate of drug-likeness (QED) is 0.594. The van der Waals surface area contributed by atoms with Gasteiger partial charge >= 0.3 is 0 Å². The number of hydrogen-bond acceptors (Lipinski definition) is 4. The predicted octanol–water partition coefficient (Wildman–Crippen LogP) is 2.81. The van der Waals surface area contributed by atoms with Crippen molar-refractivity contribution in [2.24, 2.45) is 5.84 Å². The van der Waals surface area contributed by atoms with Crippen LogP contribution in [0.25, 0.3) is 0 Å². The van der Waals surface area contributed by atoms with Gasteiger partial charge in [0.15, 0.2) is 0 Å². The van der Waals surface area contributed by atoms with Crippen molar-refractivity contribution in [3.05, 3.63) is 46.2 Å². The van der Waals surface area contributed by atoms with Gasteiger partial charge in [-0.3, -0.25) is 16.0 Å². The number of rotatable bonds is 7. The maximum atomic E-state index is 5.77. The van der Waals surface area contributed by atoms with Gasteiger partial charge in [-0.05, 0) is 46.5 Å². The first-order valence-electron chi connectivity index (χ1n) is 6.99. The van der Waals surface area contributed by atoms with Crippen molar-refractivity contribution in [2.45, 2.75) is 32.4 Å². The molecule has 3 N–H and O–H groups in total. The average Bonchev–Trinajstić information content (AvgIpc) is 2.87. The zero-order valence-corrected chi connectivity index (χ0v) is 13.9. The van der Waals surface area contributed by atoms with Crippen molar-refractivity contribution in [1.82, 2.24) is 15.2 Å². The van der Waals surface area contributed by atoms with Gasteiger partial charge in [0, 0.05) is 6.54 Å². The third-order valence-corrected chi connectivity index (χ3v) is 4.01. The summed E-state index contributed by atoms with van der Waals surface area (Å²) in [6.07, 6.45) is 3.64. The molecule has 5 nitrogen and oxygen atoms in total. The molecule has 0 amide bonds. The molecule has 0 aliphatic rings. The van der Waals surface area contributed by atoms with Gasteiger partial charge in [-0.1, -0.05) is 19.1 Å². The molecule has 0 radical (unpaired) electrons. The average molecular weight is 353 g/mol. The smallest absolute Gasteiger partial charge is 0.118 e. The van der Waals surface area contributed by atoms with Gasteiger partial charge in [-0.2, -0.15) is 5.10 Å². The van der Waals surface area contributed by atoms with E-state index in [4.69, 9.17) is 10.6 Å². The number of nitrogens with zero attached hydrogens (tertiary/aromatic N) is 2. The summed E-state index contributed by atoms with van der Waals surface area (Å²) < 4.78 is 8.16. The van der Waals surface area contributed by atoms with Crippen molar-refractivity contribution >= 4 is 15.9 Å². The number of hydrogen-bond donors (Lipinski definition) is 2. The van der Waals surface area contributed by atoms with Crippen LogP contribution in [0.1, 0.15) is 30.6 Å². The molecule has 1 heterocycles. The number of aryl methyl sites for hydroxylation is 1. The van der Waals surface area contributed by atoms with Gasteiger partial charge in [-0.25, -0.2) is 0 Å². The number of aromatic nitrogens is 2. The van der Waals surface area contributed by atoms with E-state index in [2.05, 4.69) is 45.5 Å². The topological polar surface area (TPSA) is 65.1 Å². The Morgan fingerprint density at radius 1 is 1.38 bits per heavy atom. The molecule has 2 aromatic rings. The highest BCUT2D eigenvalue weighted by atomic mass is 79.9. The minimum absolute atomic E-state index is 0.00169. The molecule has 21 heavy (non-hydrogen) atoms. The molecule has 2 rings (SSSR count). The van der Waals surface area contributed by atoms with Crippen molar-refractivity contribution in [3.8, 4) is 5.75 Å². The van der Waals surface area contributed by atoms with Crippen LogP contribution in [-0.2, 0) is 13.0 Å².